The Morgan fingerprint density at radius 2 is 2.00 bits per heavy atom. The minimum atomic E-state index is -1.20. The second-order valence-electron chi connectivity index (χ2n) is 4.64. The highest BCUT2D eigenvalue weighted by Gasteiger charge is 2.14. The summed E-state index contributed by atoms with van der Waals surface area (Å²) in [7, 11) is 0. The van der Waals surface area contributed by atoms with Crippen LogP contribution in [0.25, 0.3) is 21.2 Å². The Kier molecular flexibility index (Phi) is 3.49. The van der Waals surface area contributed by atoms with E-state index in [1.165, 1.54) is 23.5 Å². The van der Waals surface area contributed by atoms with Crippen LogP contribution in [0.2, 0.25) is 4.34 Å². The van der Waals surface area contributed by atoms with E-state index in [0.29, 0.717) is 15.5 Å². The van der Waals surface area contributed by atoms with Crippen LogP contribution in [0, 0.1) is 11.3 Å². The van der Waals surface area contributed by atoms with Crippen LogP contribution in [-0.4, -0.2) is 16.2 Å². The molecule has 3 rings (SSSR count). The topological polar surface area (TPSA) is 81.3 Å². The van der Waals surface area contributed by atoms with Crippen LogP contribution in [0.1, 0.15) is 15.9 Å². The number of hydrogen-bond acceptors (Lipinski definition) is 4. The molecule has 3 aromatic rings. The molecule has 0 saturated heterocycles. The maximum atomic E-state index is 11.0. The lowest BCUT2D eigenvalue weighted by Gasteiger charge is -2.07. The van der Waals surface area contributed by atoms with E-state index in [-0.39, 0.29) is 11.3 Å². The van der Waals surface area contributed by atoms with E-state index >= 15 is 0 Å². The number of fused-ring (bicyclic) bond motifs is 1. The molecule has 0 aliphatic carbocycles. The van der Waals surface area contributed by atoms with Gasteiger partial charge in [-0.1, -0.05) is 17.7 Å². The van der Waals surface area contributed by atoms with Crippen molar-refractivity contribution in [2.24, 2.45) is 0 Å². The highest BCUT2D eigenvalue weighted by Crippen LogP contribution is 2.39. The van der Waals surface area contributed by atoms with Crippen LogP contribution in [0.4, 0.5) is 0 Å². The summed E-state index contributed by atoms with van der Waals surface area (Å²) in [6, 6.07) is 11.6. The highest BCUT2D eigenvalue weighted by molar-refractivity contribution is 7.23. The number of aromatic hydroxyl groups is 1. The third kappa shape index (κ3) is 2.39. The number of carboxylic acid groups (broad SMARTS) is 1. The van der Waals surface area contributed by atoms with Crippen molar-refractivity contribution < 1.29 is 15.0 Å². The van der Waals surface area contributed by atoms with Gasteiger partial charge in [-0.15, -0.1) is 11.3 Å². The van der Waals surface area contributed by atoms with Crippen molar-refractivity contribution in [3.05, 3.63) is 51.9 Å². The lowest BCUT2D eigenvalue weighted by Crippen LogP contribution is -1.96. The average molecular weight is 330 g/mol. The SMILES string of the molecule is N#Cc1cc(-c2ccc(C(=O)O)c(O)c2)c2sc(Cl)cc2c1. The molecule has 1 aromatic heterocycles. The van der Waals surface area contributed by atoms with Crippen molar-refractivity contribution in [2.45, 2.75) is 0 Å². The van der Waals surface area contributed by atoms with Gasteiger partial charge in [0.2, 0.25) is 0 Å². The summed E-state index contributed by atoms with van der Waals surface area (Å²) < 4.78 is 1.48. The molecular weight excluding hydrogens is 322 g/mol. The lowest BCUT2D eigenvalue weighted by molar-refractivity contribution is 0.0694. The number of halogens is 1. The second kappa shape index (κ2) is 5.34. The standard InChI is InChI=1S/C16H8ClNO3S/c17-14-6-10-3-8(7-18)4-12(15(10)22-14)9-1-2-11(16(20)21)13(19)5-9/h1-6,19H,(H,20,21). The number of benzene rings is 2. The molecule has 108 valence electrons. The molecule has 0 bridgehead atoms. The molecular formula is C16H8ClNO3S. The Hall–Kier alpha value is -2.55. The molecule has 0 fully saturated rings. The highest BCUT2D eigenvalue weighted by atomic mass is 35.5. The summed E-state index contributed by atoms with van der Waals surface area (Å²) in [6.45, 7) is 0. The monoisotopic (exact) mass is 329 g/mol. The molecule has 0 aliphatic heterocycles. The van der Waals surface area contributed by atoms with Crippen molar-refractivity contribution in [3.63, 3.8) is 0 Å². The molecule has 2 N–H and O–H groups in total. The molecule has 0 atom stereocenters. The summed E-state index contributed by atoms with van der Waals surface area (Å²) in [5.41, 5.74) is 1.67. The zero-order chi connectivity index (χ0) is 15.9. The molecule has 0 spiro atoms. The predicted molar refractivity (Wildman–Crippen MR) is 85.6 cm³/mol. The number of rotatable bonds is 2. The molecule has 4 nitrogen and oxygen atoms in total. The fourth-order valence-electron chi connectivity index (χ4n) is 2.28. The van der Waals surface area contributed by atoms with Crippen LogP contribution in [0.3, 0.4) is 0 Å². The van der Waals surface area contributed by atoms with Crippen molar-refractivity contribution in [2.75, 3.05) is 0 Å². The zero-order valence-electron chi connectivity index (χ0n) is 11.0. The fourth-order valence-corrected chi connectivity index (χ4v) is 3.53. The van der Waals surface area contributed by atoms with Gasteiger partial charge in [-0.3, -0.25) is 0 Å². The van der Waals surface area contributed by atoms with Gasteiger partial charge in [0.15, 0.2) is 0 Å². The van der Waals surface area contributed by atoms with Crippen LogP contribution in [0.15, 0.2) is 36.4 Å². The Labute approximate surface area is 134 Å². The van der Waals surface area contributed by atoms with Gasteiger partial charge >= 0.3 is 5.97 Å². The third-order valence-electron chi connectivity index (χ3n) is 3.25. The van der Waals surface area contributed by atoms with Gasteiger partial charge in [0.25, 0.3) is 0 Å². The number of nitriles is 1. The van der Waals surface area contributed by atoms with Gasteiger partial charge < -0.3 is 10.2 Å². The van der Waals surface area contributed by atoms with Gasteiger partial charge in [0.1, 0.15) is 11.3 Å². The molecule has 0 saturated carbocycles. The number of thiophene rings is 1. The molecule has 1 heterocycles. The zero-order valence-corrected chi connectivity index (χ0v) is 12.6. The molecule has 22 heavy (non-hydrogen) atoms. The van der Waals surface area contributed by atoms with Crippen LogP contribution >= 0.6 is 22.9 Å². The van der Waals surface area contributed by atoms with E-state index in [4.69, 9.17) is 22.0 Å². The van der Waals surface area contributed by atoms with Gasteiger partial charge in [-0.2, -0.15) is 5.26 Å². The summed E-state index contributed by atoms with van der Waals surface area (Å²) >= 11 is 7.41. The van der Waals surface area contributed by atoms with E-state index in [0.717, 1.165) is 15.6 Å². The second-order valence-corrected chi connectivity index (χ2v) is 6.33. The van der Waals surface area contributed by atoms with Gasteiger partial charge in [-0.05, 0) is 41.3 Å². The lowest BCUT2D eigenvalue weighted by atomic mass is 9.99. The molecule has 0 radical (unpaired) electrons. The molecule has 6 heteroatoms. The largest absolute Gasteiger partial charge is 0.507 e. The van der Waals surface area contributed by atoms with Gasteiger partial charge in [0.05, 0.1) is 16.0 Å². The third-order valence-corrected chi connectivity index (χ3v) is 4.57. The predicted octanol–water partition coefficient (Wildman–Crippen LogP) is 4.50. The minimum absolute atomic E-state index is 0.166. The summed E-state index contributed by atoms with van der Waals surface area (Å²) in [6.07, 6.45) is 0. The first-order valence-electron chi connectivity index (χ1n) is 6.19. The van der Waals surface area contributed by atoms with E-state index in [1.807, 2.05) is 0 Å². The first-order chi connectivity index (χ1) is 10.5. The van der Waals surface area contributed by atoms with Gasteiger partial charge in [0, 0.05) is 10.3 Å². The number of phenols is 1. The fraction of sp³-hybridized carbons (Fsp3) is 0. The van der Waals surface area contributed by atoms with Crippen molar-refractivity contribution in [1.29, 1.82) is 5.26 Å². The smallest absolute Gasteiger partial charge is 0.339 e. The molecule has 2 aromatic carbocycles. The maximum absolute atomic E-state index is 11.0. The van der Waals surface area contributed by atoms with E-state index < -0.39 is 5.97 Å². The Morgan fingerprint density at radius 1 is 1.23 bits per heavy atom. The first kappa shape index (κ1) is 14.4. The van der Waals surface area contributed by atoms with Crippen molar-refractivity contribution in [1.82, 2.24) is 0 Å². The average Bonchev–Trinajstić information content (AvgIpc) is 2.85. The first-order valence-corrected chi connectivity index (χ1v) is 7.39. The molecule has 0 amide bonds. The number of hydrogen-bond donors (Lipinski definition) is 2. The Bertz CT molecular complexity index is 956. The maximum Gasteiger partial charge on any atom is 0.339 e. The summed E-state index contributed by atoms with van der Waals surface area (Å²) in [5, 5.41) is 28.8. The molecule has 0 unspecified atom stereocenters. The number of aromatic carboxylic acids is 1. The number of carbonyl (C=O) groups is 1. The Balaban J connectivity index is 2.27. The molecule has 0 aliphatic rings. The quantitative estimate of drug-likeness (QED) is 0.725. The van der Waals surface area contributed by atoms with E-state index in [9.17, 15) is 9.90 Å². The Morgan fingerprint density at radius 3 is 2.64 bits per heavy atom. The van der Waals surface area contributed by atoms with E-state index in [1.54, 1.807) is 24.3 Å². The summed E-state index contributed by atoms with van der Waals surface area (Å²) in [5.74, 6) is -1.51. The van der Waals surface area contributed by atoms with Crippen molar-refractivity contribution in [3.8, 4) is 22.9 Å². The number of carboxylic acids is 1. The summed E-state index contributed by atoms with van der Waals surface area (Å²) in [4.78, 5) is 11.0. The van der Waals surface area contributed by atoms with Crippen LogP contribution < -0.4 is 0 Å². The van der Waals surface area contributed by atoms with Crippen molar-refractivity contribution >= 4 is 39.0 Å². The van der Waals surface area contributed by atoms with Crippen LogP contribution in [0.5, 0.6) is 5.75 Å². The number of nitrogens with zero attached hydrogens (tertiary/aromatic N) is 1. The van der Waals surface area contributed by atoms with Crippen LogP contribution in [-0.2, 0) is 0 Å². The minimum Gasteiger partial charge on any atom is -0.507 e. The normalized spacial score (nSPS) is 10.5. The van der Waals surface area contributed by atoms with Gasteiger partial charge in [-0.25, -0.2) is 4.79 Å². The van der Waals surface area contributed by atoms with E-state index in [2.05, 4.69) is 6.07 Å².